The van der Waals surface area contributed by atoms with Crippen LogP contribution in [0.25, 0.3) is 0 Å². The van der Waals surface area contributed by atoms with Crippen LogP contribution in [0.3, 0.4) is 0 Å². The largest absolute Gasteiger partial charge is 0.492 e. The summed E-state index contributed by atoms with van der Waals surface area (Å²) in [5.41, 5.74) is 9.05. The monoisotopic (exact) mass is 325 g/mol. The molecule has 1 aromatic carbocycles. The number of aryl methyl sites for hydroxylation is 1. The summed E-state index contributed by atoms with van der Waals surface area (Å²) in [6, 6.07) is 7.89. The number of carbonyl (C=O) groups excluding carboxylic acids is 1. The second kappa shape index (κ2) is 6.13. The van der Waals surface area contributed by atoms with E-state index in [1.165, 1.54) is 0 Å². The average Bonchev–Trinajstić information content (AvgIpc) is 2.59. The summed E-state index contributed by atoms with van der Waals surface area (Å²) in [6.45, 7) is 0.991. The molecule has 0 radical (unpaired) electrons. The molecule has 0 saturated heterocycles. The van der Waals surface area contributed by atoms with Gasteiger partial charge in [-0.25, -0.2) is 4.98 Å². The summed E-state index contributed by atoms with van der Waals surface area (Å²) in [6.07, 6.45) is 3.76. The highest BCUT2D eigenvalue weighted by Crippen LogP contribution is 2.29. The molecule has 2 aromatic rings. The first-order valence-electron chi connectivity index (χ1n) is 8.09. The number of nitrogens with two attached hydrogens (primary N) is 1. The number of rotatable bonds is 3. The summed E-state index contributed by atoms with van der Waals surface area (Å²) >= 11 is 0. The third-order valence-electron chi connectivity index (χ3n) is 4.27. The highest BCUT2D eigenvalue weighted by Gasteiger charge is 2.18. The van der Waals surface area contributed by atoms with Crippen LogP contribution in [0.5, 0.6) is 11.5 Å². The van der Waals surface area contributed by atoms with Crippen molar-refractivity contribution < 1.29 is 14.3 Å². The first-order chi connectivity index (χ1) is 11.7. The maximum absolute atomic E-state index is 11.4. The van der Waals surface area contributed by atoms with E-state index >= 15 is 0 Å². The van der Waals surface area contributed by atoms with Gasteiger partial charge in [-0.05, 0) is 48.2 Å². The molecule has 6 nitrogen and oxygen atoms in total. The number of ether oxygens (including phenoxy) is 2. The van der Waals surface area contributed by atoms with Gasteiger partial charge in [-0.15, -0.1) is 0 Å². The topological polar surface area (TPSA) is 86.5 Å². The molecule has 4 rings (SSSR count). The molecule has 1 atom stereocenters. The molecule has 0 aliphatic carbocycles. The van der Waals surface area contributed by atoms with Gasteiger partial charge < -0.3 is 20.5 Å². The molecule has 1 unspecified atom stereocenters. The van der Waals surface area contributed by atoms with Crippen LogP contribution >= 0.6 is 0 Å². The van der Waals surface area contributed by atoms with Crippen molar-refractivity contribution >= 4 is 11.7 Å². The van der Waals surface area contributed by atoms with Crippen molar-refractivity contribution in [2.24, 2.45) is 5.73 Å². The zero-order chi connectivity index (χ0) is 16.5. The molecule has 0 bridgehead atoms. The highest BCUT2D eigenvalue weighted by molar-refractivity contribution is 5.92. The van der Waals surface area contributed by atoms with Gasteiger partial charge in [0.15, 0.2) is 0 Å². The molecular formula is C18H19N3O3. The Morgan fingerprint density at radius 1 is 1.29 bits per heavy atom. The lowest BCUT2D eigenvalue weighted by molar-refractivity contribution is -0.116. The van der Waals surface area contributed by atoms with E-state index in [1.807, 2.05) is 24.3 Å². The van der Waals surface area contributed by atoms with E-state index in [9.17, 15) is 4.79 Å². The molecule has 2 aliphatic rings. The van der Waals surface area contributed by atoms with E-state index in [-0.39, 0.29) is 11.9 Å². The van der Waals surface area contributed by atoms with E-state index in [0.29, 0.717) is 25.5 Å². The highest BCUT2D eigenvalue weighted by atomic mass is 16.5. The molecule has 24 heavy (non-hydrogen) atoms. The Morgan fingerprint density at radius 2 is 2.21 bits per heavy atom. The zero-order valence-corrected chi connectivity index (χ0v) is 13.2. The number of aromatic nitrogens is 1. The Morgan fingerprint density at radius 3 is 3.12 bits per heavy atom. The van der Waals surface area contributed by atoms with E-state index < -0.39 is 0 Å². The predicted octanol–water partition coefficient (Wildman–Crippen LogP) is 1.81. The van der Waals surface area contributed by atoms with Crippen molar-refractivity contribution in [3.05, 3.63) is 47.2 Å². The van der Waals surface area contributed by atoms with Crippen molar-refractivity contribution in [2.75, 3.05) is 11.9 Å². The predicted molar refractivity (Wildman–Crippen MR) is 89.1 cm³/mol. The number of carbonyl (C=O) groups is 1. The minimum atomic E-state index is 0.0217. The van der Waals surface area contributed by atoms with Crippen LogP contribution in [-0.2, 0) is 24.2 Å². The number of anilines is 1. The Kier molecular flexibility index (Phi) is 3.82. The van der Waals surface area contributed by atoms with Crippen LogP contribution in [0.1, 0.15) is 23.1 Å². The van der Waals surface area contributed by atoms with Gasteiger partial charge >= 0.3 is 0 Å². The number of nitrogens with one attached hydrogen (secondary N) is 1. The summed E-state index contributed by atoms with van der Waals surface area (Å²) in [7, 11) is 0. The Hall–Kier alpha value is -2.60. The zero-order valence-electron chi connectivity index (χ0n) is 13.2. The Bertz CT molecular complexity index is 791. The van der Waals surface area contributed by atoms with E-state index in [4.69, 9.17) is 15.2 Å². The van der Waals surface area contributed by atoms with E-state index in [2.05, 4.69) is 10.3 Å². The second-order valence-electron chi connectivity index (χ2n) is 6.23. The molecular weight excluding hydrogens is 306 g/mol. The minimum Gasteiger partial charge on any atom is -0.492 e. The maximum atomic E-state index is 11.4. The molecule has 0 saturated carbocycles. The van der Waals surface area contributed by atoms with Crippen molar-refractivity contribution in [1.82, 2.24) is 4.98 Å². The maximum Gasteiger partial charge on any atom is 0.225 e. The van der Waals surface area contributed by atoms with Gasteiger partial charge in [-0.1, -0.05) is 0 Å². The summed E-state index contributed by atoms with van der Waals surface area (Å²) in [4.78, 5) is 15.7. The molecule has 3 N–H and O–H groups in total. The van der Waals surface area contributed by atoms with Gasteiger partial charge in [0, 0.05) is 24.2 Å². The average molecular weight is 325 g/mol. The standard InChI is InChI=1S/C18H19N3O3/c19-14-6-13-7-15(2-3-16(13)24-10-14)23-9-11-5-12-1-4-17(22)21-18(12)20-8-11/h2-3,5,7-8,14H,1,4,6,9-10,19H2,(H,20,21,22). The molecule has 1 amide bonds. The van der Waals surface area contributed by atoms with Gasteiger partial charge in [0.2, 0.25) is 5.91 Å². The van der Waals surface area contributed by atoms with Crippen LogP contribution in [0.2, 0.25) is 0 Å². The molecule has 3 heterocycles. The number of hydrogen-bond donors (Lipinski definition) is 2. The SMILES string of the molecule is NC1COc2ccc(OCc3cnc4c(c3)CCC(=O)N4)cc2C1. The van der Waals surface area contributed by atoms with Gasteiger partial charge in [0.05, 0.1) is 0 Å². The third kappa shape index (κ3) is 3.05. The molecule has 124 valence electrons. The van der Waals surface area contributed by atoms with Crippen LogP contribution in [0, 0.1) is 0 Å². The first kappa shape index (κ1) is 15.0. The quantitative estimate of drug-likeness (QED) is 0.899. The van der Waals surface area contributed by atoms with Crippen molar-refractivity contribution in [1.29, 1.82) is 0 Å². The lowest BCUT2D eigenvalue weighted by Crippen LogP contribution is -2.33. The smallest absolute Gasteiger partial charge is 0.225 e. The van der Waals surface area contributed by atoms with E-state index in [0.717, 1.165) is 41.0 Å². The van der Waals surface area contributed by atoms with Gasteiger partial charge in [0.1, 0.15) is 30.5 Å². The molecule has 0 spiro atoms. The Balaban J connectivity index is 1.45. The fourth-order valence-corrected chi connectivity index (χ4v) is 3.04. The van der Waals surface area contributed by atoms with E-state index in [1.54, 1.807) is 6.20 Å². The van der Waals surface area contributed by atoms with Gasteiger partial charge in [-0.3, -0.25) is 4.79 Å². The first-order valence-corrected chi connectivity index (χ1v) is 8.09. The number of pyridine rings is 1. The van der Waals surface area contributed by atoms with Gasteiger partial charge in [0.25, 0.3) is 0 Å². The summed E-state index contributed by atoms with van der Waals surface area (Å²) in [5.74, 6) is 2.36. The summed E-state index contributed by atoms with van der Waals surface area (Å²) in [5, 5.41) is 2.78. The molecule has 1 aromatic heterocycles. The summed E-state index contributed by atoms with van der Waals surface area (Å²) < 4.78 is 11.5. The number of nitrogens with zero attached hydrogens (tertiary/aromatic N) is 1. The van der Waals surface area contributed by atoms with Crippen molar-refractivity contribution in [3.8, 4) is 11.5 Å². The number of benzene rings is 1. The molecule has 0 fully saturated rings. The number of amides is 1. The second-order valence-corrected chi connectivity index (χ2v) is 6.23. The van der Waals surface area contributed by atoms with Crippen LogP contribution in [0.4, 0.5) is 5.82 Å². The fraction of sp³-hybridized carbons (Fsp3) is 0.333. The van der Waals surface area contributed by atoms with Gasteiger partial charge in [-0.2, -0.15) is 0 Å². The molecule has 2 aliphatic heterocycles. The number of fused-ring (bicyclic) bond motifs is 2. The Labute approximate surface area is 140 Å². The minimum absolute atomic E-state index is 0.0217. The third-order valence-corrected chi connectivity index (χ3v) is 4.27. The van der Waals surface area contributed by atoms with Crippen LogP contribution in [-0.4, -0.2) is 23.5 Å². The lowest BCUT2D eigenvalue weighted by Gasteiger charge is -2.23. The normalized spacial score (nSPS) is 18.9. The van der Waals surface area contributed by atoms with Crippen LogP contribution < -0.4 is 20.5 Å². The lowest BCUT2D eigenvalue weighted by atomic mass is 10.0. The van der Waals surface area contributed by atoms with Crippen LogP contribution in [0.15, 0.2) is 30.5 Å². The fourth-order valence-electron chi connectivity index (χ4n) is 3.04. The van der Waals surface area contributed by atoms with Crippen molar-refractivity contribution in [2.45, 2.75) is 31.9 Å². The van der Waals surface area contributed by atoms with Crippen molar-refractivity contribution in [3.63, 3.8) is 0 Å². The molecule has 6 heteroatoms. The number of hydrogen-bond acceptors (Lipinski definition) is 5.